The monoisotopic (exact) mass is 420 g/mol. The molecule has 2 aromatic carbocycles. The van der Waals surface area contributed by atoms with Gasteiger partial charge in [-0.3, -0.25) is 9.36 Å². The van der Waals surface area contributed by atoms with Crippen LogP contribution in [0.5, 0.6) is 0 Å². The molecular weight excluding hydrogens is 404 g/mol. The molecule has 144 valence electrons. The molecule has 5 nitrogen and oxygen atoms in total. The molecule has 0 spiro atoms. The summed E-state index contributed by atoms with van der Waals surface area (Å²) in [5.41, 5.74) is 2.90. The molecular formula is C22H17ClN4OS. The van der Waals surface area contributed by atoms with Crippen LogP contribution in [-0.4, -0.2) is 14.1 Å². The van der Waals surface area contributed by atoms with E-state index in [-0.39, 0.29) is 5.56 Å². The summed E-state index contributed by atoms with van der Waals surface area (Å²) < 4.78 is 4.69. The third-order valence-corrected chi connectivity index (χ3v) is 6.11. The van der Waals surface area contributed by atoms with E-state index in [1.807, 2.05) is 61.0 Å². The van der Waals surface area contributed by atoms with Crippen LogP contribution in [0.2, 0.25) is 5.02 Å². The third kappa shape index (κ3) is 3.39. The maximum Gasteiger partial charge on any atom is 0.269 e. The van der Waals surface area contributed by atoms with Crippen molar-refractivity contribution in [1.82, 2.24) is 14.1 Å². The normalized spacial score (nSPS) is 13.0. The van der Waals surface area contributed by atoms with E-state index in [1.54, 1.807) is 16.7 Å². The van der Waals surface area contributed by atoms with E-state index in [4.69, 9.17) is 11.6 Å². The summed E-state index contributed by atoms with van der Waals surface area (Å²) >= 11 is 7.25. The fourth-order valence-electron chi connectivity index (χ4n) is 3.27. The van der Waals surface area contributed by atoms with Crippen molar-refractivity contribution in [2.45, 2.75) is 13.5 Å². The number of thiazole rings is 1. The predicted molar refractivity (Wildman–Crippen MR) is 117 cm³/mol. The lowest BCUT2D eigenvalue weighted by atomic mass is 10.2. The Bertz CT molecular complexity index is 1440. The molecule has 0 radical (unpaired) electrons. The van der Waals surface area contributed by atoms with Gasteiger partial charge in [0.25, 0.3) is 5.56 Å². The molecule has 0 saturated carbocycles. The zero-order chi connectivity index (χ0) is 20.5. The molecule has 0 atom stereocenters. The van der Waals surface area contributed by atoms with Gasteiger partial charge in [-0.15, -0.1) is 11.3 Å². The first-order valence-corrected chi connectivity index (χ1v) is 10.3. The number of halogens is 1. The van der Waals surface area contributed by atoms with Gasteiger partial charge in [0.2, 0.25) is 0 Å². The van der Waals surface area contributed by atoms with Crippen molar-refractivity contribution in [3.63, 3.8) is 0 Å². The summed E-state index contributed by atoms with van der Waals surface area (Å²) in [6.45, 7) is 2.36. The fourth-order valence-corrected chi connectivity index (χ4v) is 4.55. The average molecular weight is 421 g/mol. The van der Waals surface area contributed by atoms with Gasteiger partial charge in [-0.05, 0) is 42.8 Å². The van der Waals surface area contributed by atoms with E-state index in [0.29, 0.717) is 32.2 Å². The number of nitriles is 1. The van der Waals surface area contributed by atoms with Gasteiger partial charge < -0.3 is 4.57 Å². The van der Waals surface area contributed by atoms with Crippen molar-refractivity contribution in [2.24, 2.45) is 7.05 Å². The lowest BCUT2D eigenvalue weighted by Crippen LogP contribution is -2.31. The molecule has 0 aliphatic rings. The molecule has 29 heavy (non-hydrogen) atoms. The van der Waals surface area contributed by atoms with Crippen LogP contribution < -0.4 is 14.8 Å². The summed E-state index contributed by atoms with van der Waals surface area (Å²) in [5, 5.41) is 10.6. The van der Waals surface area contributed by atoms with E-state index in [9.17, 15) is 10.1 Å². The standard InChI is InChI=1S/C22H17ClN4OS/c1-3-27-21(28)19(12-14-8-10-15(23)11-9-14)29-22(27)16(13-24)20-25-17-6-4-5-7-18(17)26(20)2/h4-12H,3H2,1-2H3/b19-12-,22-16-. The van der Waals surface area contributed by atoms with Crippen molar-refractivity contribution < 1.29 is 0 Å². The maximum absolute atomic E-state index is 13.0. The second-order valence-electron chi connectivity index (χ2n) is 6.49. The van der Waals surface area contributed by atoms with Crippen molar-refractivity contribution in [1.29, 1.82) is 5.26 Å². The van der Waals surface area contributed by atoms with Crippen LogP contribution in [0.4, 0.5) is 0 Å². The predicted octanol–water partition coefficient (Wildman–Crippen LogP) is 3.02. The van der Waals surface area contributed by atoms with Crippen LogP contribution in [0, 0.1) is 11.3 Å². The number of hydrogen-bond acceptors (Lipinski definition) is 4. The Labute approximate surface area is 176 Å². The van der Waals surface area contributed by atoms with Gasteiger partial charge in [0.1, 0.15) is 16.3 Å². The van der Waals surface area contributed by atoms with Crippen LogP contribution in [0.15, 0.2) is 53.3 Å². The molecule has 0 saturated heterocycles. The first kappa shape index (κ1) is 19.2. The highest BCUT2D eigenvalue weighted by atomic mass is 35.5. The summed E-state index contributed by atoms with van der Waals surface area (Å²) in [5.74, 6) is 0.551. The maximum atomic E-state index is 13.0. The minimum absolute atomic E-state index is 0.117. The minimum atomic E-state index is -0.117. The van der Waals surface area contributed by atoms with E-state index in [2.05, 4.69) is 11.1 Å². The average Bonchev–Trinajstić information content (AvgIpc) is 3.22. The first-order valence-electron chi connectivity index (χ1n) is 9.06. The zero-order valence-electron chi connectivity index (χ0n) is 15.9. The van der Waals surface area contributed by atoms with Crippen LogP contribution >= 0.6 is 22.9 Å². The number of imidazole rings is 1. The van der Waals surface area contributed by atoms with Gasteiger partial charge in [-0.25, -0.2) is 4.98 Å². The fraction of sp³-hybridized carbons (Fsp3) is 0.136. The highest BCUT2D eigenvalue weighted by Gasteiger charge is 2.16. The van der Waals surface area contributed by atoms with Crippen molar-refractivity contribution in [2.75, 3.05) is 0 Å². The Balaban J connectivity index is 2.03. The van der Waals surface area contributed by atoms with Gasteiger partial charge >= 0.3 is 0 Å². The molecule has 0 N–H and O–H groups in total. The number of rotatable bonds is 3. The van der Waals surface area contributed by atoms with E-state index >= 15 is 0 Å². The highest BCUT2D eigenvalue weighted by molar-refractivity contribution is 7.07. The van der Waals surface area contributed by atoms with Crippen molar-refractivity contribution in [3.05, 3.63) is 84.5 Å². The van der Waals surface area contributed by atoms with Gasteiger partial charge in [-0.1, -0.05) is 35.9 Å². The molecule has 7 heteroatoms. The van der Waals surface area contributed by atoms with Crippen LogP contribution in [0.1, 0.15) is 18.3 Å². The second-order valence-corrected chi connectivity index (χ2v) is 7.95. The largest absolute Gasteiger partial charge is 0.326 e. The molecule has 2 heterocycles. The van der Waals surface area contributed by atoms with Crippen LogP contribution in [-0.2, 0) is 13.6 Å². The number of hydrogen-bond donors (Lipinski definition) is 0. The van der Waals surface area contributed by atoms with Crippen LogP contribution in [0.3, 0.4) is 0 Å². The van der Waals surface area contributed by atoms with E-state index in [1.165, 1.54) is 11.3 Å². The SMILES string of the molecule is CCn1c(=O)/c(=C/c2ccc(Cl)cc2)s/c1=C(/C#N)c1nc2ccccc2n1C. The van der Waals surface area contributed by atoms with Crippen molar-refractivity contribution in [3.8, 4) is 6.07 Å². The highest BCUT2D eigenvalue weighted by Crippen LogP contribution is 2.18. The number of fused-ring (bicyclic) bond motifs is 1. The molecule has 4 rings (SSSR count). The van der Waals surface area contributed by atoms with Gasteiger partial charge in [0.15, 0.2) is 5.82 Å². The summed E-state index contributed by atoms with van der Waals surface area (Å²) in [6, 6.07) is 17.3. The quantitative estimate of drug-likeness (QED) is 0.511. The Kier molecular flexibility index (Phi) is 5.10. The Hall–Kier alpha value is -3.14. The molecule has 0 aliphatic carbocycles. The lowest BCUT2D eigenvalue weighted by molar-refractivity contribution is 0.720. The topological polar surface area (TPSA) is 63.6 Å². The van der Waals surface area contributed by atoms with E-state index in [0.717, 1.165) is 16.6 Å². The molecule has 0 aliphatic heterocycles. The number of benzene rings is 2. The molecule has 0 fully saturated rings. The molecule has 4 aromatic rings. The summed E-state index contributed by atoms with van der Waals surface area (Å²) in [4.78, 5) is 17.6. The minimum Gasteiger partial charge on any atom is -0.326 e. The van der Waals surface area contributed by atoms with Gasteiger partial charge in [-0.2, -0.15) is 5.26 Å². The molecule has 0 unspecified atom stereocenters. The number of aromatic nitrogens is 3. The third-order valence-electron chi connectivity index (χ3n) is 4.73. The number of para-hydroxylation sites is 2. The summed E-state index contributed by atoms with van der Waals surface area (Å²) in [6.07, 6.45) is 1.82. The zero-order valence-corrected chi connectivity index (χ0v) is 17.5. The number of nitrogens with zero attached hydrogens (tertiary/aromatic N) is 4. The smallest absolute Gasteiger partial charge is 0.269 e. The van der Waals surface area contributed by atoms with Crippen molar-refractivity contribution >= 4 is 45.6 Å². The van der Waals surface area contributed by atoms with Gasteiger partial charge in [0, 0.05) is 18.6 Å². The lowest BCUT2D eigenvalue weighted by Gasteiger charge is -2.01. The molecule has 0 bridgehead atoms. The van der Waals surface area contributed by atoms with Gasteiger partial charge in [0.05, 0.1) is 15.6 Å². The Morgan fingerprint density at radius 3 is 2.62 bits per heavy atom. The first-order chi connectivity index (χ1) is 14.0. The number of aryl methyl sites for hydroxylation is 1. The Morgan fingerprint density at radius 2 is 1.97 bits per heavy atom. The van der Waals surface area contributed by atoms with E-state index < -0.39 is 0 Å². The molecule has 0 amide bonds. The second kappa shape index (κ2) is 7.70. The Morgan fingerprint density at radius 1 is 1.24 bits per heavy atom. The summed E-state index contributed by atoms with van der Waals surface area (Å²) in [7, 11) is 1.88. The molecule has 2 aromatic heterocycles. The van der Waals surface area contributed by atoms with Crippen LogP contribution in [0.25, 0.3) is 22.7 Å².